The first-order chi connectivity index (χ1) is 13.5. The Hall–Kier alpha value is -2.47. The fourth-order valence-electron chi connectivity index (χ4n) is 5.01. The second kappa shape index (κ2) is 6.01. The van der Waals surface area contributed by atoms with Crippen LogP contribution in [0.2, 0.25) is 0 Å². The molecule has 2 aliphatic carbocycles. The molecule has 0 radical (unpaired) electrons. The van der Waals surface area contributed by atoms with Crippen LogP contribution in [0, 0.1) is 11.3 Å². The van der Waals surface area contributed by atoms with Gasteiger partial charge in [0.15, 0.2) is 0 Å². The summed E-state index contributed by atoms with van der Waals surface area (Å²) in [4.78, 5) is 13.9. The molecule has 146 valence electrons. The smallest absolute Gasteiger partial charge is 0.409 e. The fraction of sp³-hybridized carbons (Fsp3) is 0.409. The van der Waals surface area contributed by atoms with Crippen molar-refractivity contribution < 1.29 is 23.4 Å². The highest BCUT2D eigenvalue weighted by Crippen LogP contribution is 2.69. The molecular formula is C22H21F2NO3. The number of halogens is 2. The van der Waals surface area contributed by atoms with Crippen LogP contribution in [0.25, 0.3) is 11.1 Å². The summed E-state index contributed by atoms with van der Waals surface area (Å²) >= 11 is 0. The molecule has 1 heterocycles. The molecule has 28 heavy (non-hydrogen) atoms. The Morgan fingerprint density at radius 3 is 2.29 bits per heavy atom. The van der Waals surface area contributed by atoms with Crippen LogP contribution in [0.4, 0.5) is 13.6 Å². The maximum absolute atomic E-state index is 14.0. The lowest BCUT2D eigenvalue weighted by atomic mass is 9.96. The number of hydrogen-bond donors (Lipinski definition) is 1. The van der Waals surface area contributed by atoms with E-state index in [4.69, 9.17) is 4.74 Å². The van der Waals surface area contributed by atoms with E-state index >= 15 is 0 Å². The predicted octanol–water partition coefficient (Wildman–Crippen LogP) is 3.89. The zero-order valence-electron chi connectivity index (χ0n) is 15.3. The lowest BCUT2D eigenvalue weighted by molar-refractivity contribution is 0.0305. The summed E-state index contributed by atoms with van der Waals surface area (Å²) in [6, 6.07) is 16.1. The first kappa shape index (κ1) is 17.6. The van der Waals surface area contributed by atoms with Crippen LogP contribution in [-0.4, -0.2) is 48.3 Å². The van der Waals surface area contributed by atoms with E-state index in [1.54, 1.807) is 0 Å². The number of rotatable bonds is 3. The number of alkyl halides is 2. The van der Waals surface area contributed by atoms with Gasteiger partial charge in [-0.15, -0.1) is 0 Å². The third-order valence-corrected chi connectivity index (χ3v) is 6.79. The Morgan fingerprint density at radius 1 is 1.11 bits per heavy atom. The van der Waals surface area contributed by atoms with Crippen molar-refractivity contribution in [3.8, 4) is 11.1 Å². The minimum atomic E-state index is -2.90. The Bertz CT molecular complexity index is 901. The maximum Gasteiger partial charge on any atom is 0.409 e. The topological polar surface area (TPSA) is 49.8 Å². The van der Waals surface area contributed by atoms with Crippen molar-refractivity contribution in [3.63, 3.8) is 0 Å². The van der Waals surface area contributed by atoms with Crippen molar-refractivity contribution >= 4 is 6.09 Å². The van der Waals surface area contributed by atoms with Gasteiger partial charge >= 0.3 is 6.09 Å². The summed E-state index contributed by atoms with van der Waals surface area (Å²) in [5, 5.41) is 9.37. The average Bonchev–Trinajstić information content (AvgIpc) is 3.05. The summed E-state index contributed by atoms with van der Waals surface area (Å²) in [5.41, 5.74) is 3.17. The van der Waals surface area contributed by atoms with Gasteiger partial charge in [-0.3, -0.25) is 0 Å². The van der Waals surface area contributed by atoms with Crippen molar-refractivity contribution in [1.29, 1.82) is 0 Å². The molecule has 2 aromatic rings. The monoisotopic (exact) mass is 385 g/mol. The van der Waals surface area contributed by atoms with E-state index in [9.17, 15) is 18.7 Å². The number of carbonyl (C=O) groups is 1. The first-order valence-corrected chi connectivity index (χ1v) is 9.58. The third-order valence-electron chi connectivity index (χ3n) is 6.79. The van der Waals surface area contributed by atoms with Crippen molar-refractivity contribution in [2.45, 2.75) is 18.3 Å². The van der Waals surface area contributed by atoms with E-state index in [0.717, 1.165) is 22.3 Å². The van der Waals surface area contributed by atoms with Gasteiger partial charge in [0.25, 0.3) is 5.92 Å². The number of piperidine rings is 1. The third kappa shape index (κ3) is 2.27. The summed E-state index contributed by atoms with van der Waals surface area (Å²) in [6.07, 6.45) is -0.457. The summed E-state index contributed by atoms with van der Waals surface area (Å²) < 4.78 is 33.6. The Kier molecular flexibility index (Phi) is 3.78. The van der Waals surface area contributed by atoms with Crippen LogP contribution in [0.3, 0.4) is 0 Å². The lowest BCUT2D eigenvalue weighted by Crippen LogP contribution is -2.40. The molecule has 0 spiro atoms. The second-order valence-electron chi connectivity index (χ2n) is 7.99. The van der Waals surface area contributed by atoms with Crippen LogP contribution >= 0.6 is 0 Å². The van der Waals surface area contributed by atoms with Crippen LogP contribution < -0.4 is 0 Å². The number of aliphatic hydroxyl groups is 1. The number of hydrogen-bond acceptors (Lipinski definition) is 3. The predicted molar refractivity (Wildman–Crippen MR) is 99.2 cm³/mol. The molecule has 1 saturated carbocycles. The summed E-state index contributed by atoms with van der Waals surface area (Å²) in [6.45, 7) is -0.244. The minimum absolute atomic E-state index is 0.0555. The molecule has 2 unspecified atom stereocenters. The SMILES string of the molecule is O=C(OCC1c2ccccc2-c2ccccc21)N1CCC2(CO)C(C1)C2(F)F. The van der Waals surface area contributed by atoms with Gasteiger partial charge in [-0.25, -0.2) is 13.6 Å². The quantitative estimate of drug-likeness (QED) is 0.872. The van der Waals surface area contributed by atoms with Gasteiger partial charge in [0.2, 0.25) is 0 Å². The highest BCUT2D eigenvalue weighted by Gasteiger charge is 2.81. The lowest BCUT2D eigenvalue weighted by Gasteiger charge is -2.29. The molecule has 2 atom stereocenters. The highest BCUT2D eigenvalue weighted by molar-refractivity contribution is 5.79. The van der Waals surface area contributed by atoms with E-state index in [1.807, 2.05) is 36.4 Å². The van der Waals surface area contributed by atoms with Crippen molar-refractivity contribution in [2.75, 3.05) is 26.3 Å². The molecule has 5 rings (SSSR count). The minimum Gasteiger partial charge on any atom is -0.448 e. The fourth-order valence-corrected chi connectivity index (χ4v) is 5.01. The average molecular weight is 385 g/mol. The van der Waals surface area contributed by atoms with Crippen molar-refractivity contribution in [2.24, 2.45) is 11.3 Å². The zero-order valence-corrected chi connectivity index (χ0v) is 15.3. The molecule has 1 amide bonds. The number of fused-ring (bicyclic) bond motifs is 4. The molecule has 1 aliphatic heterocycles. The Labute approximate surface area is 161 Å². The molecule has 2 fully saturated rings. The molecule has 1 N–H and O–H groups in total. The number of nitrogens with zero attached hydrogens (tertiary/aromatic N) is 1. The highest BCUT2D eigenvalue weighted by atomic mass is 19.3. The molecule has 0 bridgehead atoms. The molecular weight excluding hydrogens is 364 g/mol. The van der Waals surface area contributed by atoms with Crippen LogP contribution in [0.15, 0.2) is 48.5 Å². The van der Waals surface area contributed by atoms with E-state index in [0.29, 0.717) is 0 Å². The van der Waals surface area contributed by atoms with Gasteiger partial charge in [0.05, 0.1) is 17.9 Å². The number of likely N-dealkylation sites (tertiary alicyclic amines) is 1. The number of aliphatic hydroxyl groups excluding tert-OH is 1. The van der Waals surface area contributed by atoms with Crippen LogP contribution in [0.5, 0.6) is 0 Å². The van der Waals surface area contributed by atoms with Crippen molar-refractivity contribution in [3.05, 3.63) is 59.7 Å². The number of amides is 1. The molecule has 0 aromatic heterocycles. The van der Waals surface area contributed by atoms with E-state index < -0.39 is 30.0 Å². The number of ether oxygens (including phenoxy) is 1. The van der Waals surface area contributed by atoms with E-state index in [2.05, 4.69) is 12.1 Å². The largest absolute Gasteiger partial charge is 0.448 e. The maximum atomic E-state index is 14.0. The van der Waals surface area contributed by atoms with Gasteiger partial charge in [-0.05, 0) is 28.7 Å². The molecule has 2 aromatic carbocycles. The number of benzene rings is 2. The van der Waals surface area contributed by atoms with Crippen LogP contribution in [-0.2, 0) is 4.74 Å². The van der Waals surface area contributed by atoms with E-state index in [1.165, 1.54) is 4.90 Å². The second-order valence-corrected chi connectivity index (χ2v) is 7.99. The molecule has 1 saturated heterocycles. The van der Waals surface area contributed by atoms with Gasteiger partial charge in [0, 0.05) is 19.0 Å². The normalized spacial score (nSPS) is 27.0. The standard InChI is InChI=1S/C22H21F2NO3/c23-22(24)19-11-25(10-9-21(19,22)13-26)20(27)28-12-18-16-7-3-1-5-14(16)15-6-2-4-8-17(15)18/h1-8,18-19,26H,9-13H2. The van der Waals surface area contributed by atoms with Gasteiger partial charge in [-0.2, -0.15) is 0 Å². The summed E-state index contributed by atoms with van der Waals surface area (Å²) in [5.74, 6) is -3.93. The molecule has 6 heteroatoms. The van der Waals surface area contributed by atoms with Crippen LogP contribution in [0.1, 0.15) is 23.5 Å². The first-order valence-electron chi connectivity index (χ1n) is 9.58. The Balaban J connectivity index is 1.29. The van der Waals surface area contributed by atoms with E-state index in [-0.39, 0.29) is 32.0 Å². The summed E-state index contributed by atoms with van der Waals surface area (Å²) in [7, 11) is 0. The van der Waals surface area contributed by atoms with Crippen molar-refractivity contribution in [1.82, 2.24) is 4.90 Å². The molecule has 4 nitrogen and oxygen atoms in total. The Morgan fingerprint density at radius 2 is 1.71 bits per heavy atom. The molecule has 3 aliphatic rings. The van der Waals surface area contributed by atoms with Gasteiger partial charge in [0.1, 0.15) is 6.61 Å². The van der Waals surface area contributed by atoms with Gasteiger partial charge < -0.3 is 14.7 Å². The number of carbonyl (C=O) groups excluding carboxylic acids is 1. The van der Waals surface area contributed by atoms with Gasteiger partial charge in [-0.1, -0.05) is 48.5 Å². The zero-order chi connectivity index (χ0) is 19.5.